The van der Waals surface area contributed by atoms with Crippen LogP contribution in [0.15, 0.2) is 42.5 Å². The van der Waals surface area contributed by atoms with Gasteiger partial charge in [-0.25, -0.2) is 4.98 Å². The summed E-state index contributed by atoms with van der Waals surface area (Å²) in [6, 6.07) is 13.6. The summed E-state index contributed by atoms with van der Waals surface area (Å²) < 4.78 is 7.69. The number of aliphatic hydroxyl groups is 1. The number of para-hydroxylation sites is 2. The summed E-state index contributed by atoms with van der Waals surface area (Å²) in [5.41, 5.74) is 9.50. The first kappa shape index (κ1) is 15.4. The van der Waals surface area contributed by atoms with E-state index in [0.29, 0.717) is 18.0 Å². The average molecular weight is 311 g/mol. The van der Waals surface area contributed by atoms with Crippen molar-refractivity contribution >= 4 is 16.7 Å². The topological polar surface area (TPSA) is 73.3 Å². The molecule has 3 rings (SSSR count). The monoisotopic (exact) mass is 311 g/mol. The van der Waals surface area contributed by atoms with Gasteiger partial charge in [0.05, 0.1) is 29.4 Å². The molecule has 23 heavy (non-hydrogen) atoms. The molecular formula is C18H21N3O2. The molecule has 5 nitrogen and oxygen atoms in total. The summed E-state index contributed by atoms with van der Waals surface area (Å²) in [4.78, 5) is 4.69. The van der Waals surface area contributed by atoms with E-state index in [1.54, 1.807) is 0 Å². The smallest absolute Gasteiger partial charge is 0.142 e. The lowest BCUT2D eigenvalue weighted by molar-refractivity contribution is 0.244. The van der Waals surface area contributed by atoms with Gasteiger partial charge in [-0.15, -0.1) is 0 Å². The molecule has 0 spiro atoms. The second-order valence-electron chi connectivity index (χ2n) is 5.72. The van der Waals surface area contributed by atoms with Crippen molar-refractivity contribution in [2.24, 2.45) is 0 Å². The number of hydrogen-bond acceptors (Lipinski definition) is 4. The summed E-state index contributed by atoms with van der Waals surface area (Å²) in [5, 5.41) is 9.37. The minimum Gasteiger partial charge on any atom is -0.489 e. The van der Waals surface area contributed by atoms with Crippen molar-refractivity contribution in [2.75, 3.05) is 12.3 Å². The molecule has 1 aromatic heterocycles. The summed E-state index contributed by atoms with van der Waals surface area (Å²) in [6.07, 6.45) is 0.0714. The fourth-order valence-corrected chi connectivity index (χ4v) is 2.67. The van der Waals surface area contributed by atoms with Crippen molar-refractivity contribution in [1.29, 1.82) is 0 Å². The number of anilines is 1. The zero-order valence-electron chi connectivity index (χ0n) is 13.4. The van der Waals surface area contributed by atoms with Gasteiger partial charge in [0.1, 0.15) is 11.6 Å². The number of nitrogens with two attached hydrogens (primary N) is 1. The Balaban J connectivity index is 2.09. The number of nitrogens with zero attached hydrogens (tertiary/aromatic N) is 2. The largest absolute Gasteiger partial charge is 0.489 e. The van der Waals surface area contributed by atoms with E-state index in [-0.39, 0.29) is 12.7 Å². The SMILES string of the molecule is CC(C)Oc1ccc(-c2nc3ccccc3n2CCO)cc1N. The van der Waals surface area contributed by atoms with Crippen LogP contribution in [0.3, 0.4) is 0 Å². The number of aromatic nitrogens is 2. The fourth-order valence-electron chi connectivity index (χ4n) is 2.67. The van der Waals surface area contributed by atoms with Gasteiger partial charge in [0.15, 0.2) is 0 Å². The van der Waals surface area contributed by atoms with Crippen LogP contribution in [0.5, 0.6) is 5.75 Å². The van der Waals surface area contributed by atoms with E-state index in [4.69, 9.17) is 10.5 Å². The zero-order chi connectivity index (χ0) is 16.4. The molecule has 0 aliphatic carbocycles. The second-order valence-corrected chi connectivity index (χ2v) is 5.72. The van der Waals surface area contributed by atoms with Gasteiger partial charge in [-0.2, -0.15) is 0 Å². The normalized spacial score (nSPS) is 11.3. The third-order valence-electron chi connectivity index (χ3n) is 3.61. The minimum atomic E-state index is 0.0530. The highest BCUT2D eigenvalue weighted by Crippen LogP contribution is 2.30. The first-order valence-electron chi connectivity index (χ1n) is 7.73. The quantitative estimate of drug-likeness (QED) is 0.710. The maximum absolute atomic E-state index is 9.37. The van der Waals surface area contributed by atoms with Crippen LogP contribution in [0.2, 0.25) is 0 Å². The van der Waals surface area contributed by atoms with E-state index >= 15 is 0 Å². The Labute approximate surface area is 135 Å². The molecule has 3 aromatic rings. The van der Waals surface area contributed by atoms with Crippen molar-refractivity contribution in [3.63, 3.8) is 0 Å². The molecule has 0 radical (unpaired) electrons. The highest BCUT2D eigenvalue weighted by atomic mass is 16.5. The molecule has 1 heterocycles. The Morgan fingerprint density at radius 2 is 2.00 bits per heavy atom. The second kappa shape index (κ2) is 6.30. The van der Waals surface area contributed by atoms with Crippen LogP contribution in [-0.4, -0.2) is 27.4 Å². The highest BCUT2D eigenvalue weighted by Gasteiger charge is 2.13. The number of imidazole rings is 1. The van der Waals surface area contributed by atoms with E-state index < -0.39 is 0 Å². The molecular weight excluding hydrogens is 290 g/mol. The van der Waals surface area contributed by atoms with E-state index in [1.807, 2.05) is 60.9 Å². The first-order chi connectivity index (χ1) is 11.1. The average Bonchev–Trinajstić information content (AvgIpc) is 2.88. The molecule has 0 amide bonds. The molecule has 3 N–H and O–H groups in total. The number of rotatable bonds is 5. The van der Waals surface area contributed by atoms with Crippen molar-refractivity contribution in [3.05, 3.63) is 42.5 Å². The minimum absolute atomic E-state index is 0.0530. The Morgan fingerprint density at radius 1 is 1.22 bits per heavy atom. The van der Waals surface area contributed by atoms with Gasteiger partial charge in [0, 0.05) is 12.1 Å². The van der Waals surface area contributed by atoms with E-state index in [9.17, 15) is 5.11 Å². The van der Waals surface area contributed by atoms with Gasteiger partial charge in [0.25, 0.3) is 0 Å². The van der Waals surface area contributed by atoms with Gasteiger partial charge in [-0.05, 0) is 44.2 Å². The third kappa shape index (κ3) is 3.00. The molecule has 0 unspecified atom stereocenters. The zero-order valence-corrected chi connectivity index (χ0v) is 13.4. The van der Waals surface area contributed by atoms with E-state index in [0.717, 1.165) is 22.4 Å². The maximum atomic E-state index is 9.37. The predicted octanol–water partition coefficient (Wildman–Crippen LogP) is 3.07. The van der Waals surface area contributed by atoms with Crippen LogP contribution in [0.4, 0.5) is 5.69 Å². The molecule has 5 heteroatoms. The molecule has 0 saturated carbocycles. The Morgan fingerprint density at radius 3 is 2.70 bits per heavy atom. The molecule has 2 aromatic carbocycles. The molecule has 0 aliphatic rings. The number of fused-ring (bicyclic) bond motifs is 1. The van der Waals surface area contributed by atoms with Crippen LogP contribution in [0.1, 0.15) is 13.8 Å². The number of ether oxygens (including phenoxy) is 1. The molecule has 0 atom stereocenters. The van der Waals surface area contributed by atoms with Crippen molar-refractivity contribution in [1.82, 2.24) is 9.55 Å². The summed E-state index contributed by atoms with van der Waals surface area (Å²) >= 11 is 0. The summed E-state index contributed by atoms with van der Waals surface area (Å²) in [7, 11) is 0. The van der Waals surface area contributed by atoms with Gasteiger partial charge in [-0.3, -0.25) is 0 Å². The van der Waals surface area contributed by atoms with Gasteiger partial charge >= 0.3 is 0 Å². The Hall–Kier alpha value is -2.53. The van der Waals surface area contributed by atoms with E-state index in [1.165, 1.54) is 0 Å². The number of nitrogen functional groups attached to an aromatic ring is 1. The molecule has 0 bridgehead atoms. The number of aliphatic hydroxyl groups excluding tert-OH is 1. The van der Waals surface area contributed by atoms with Crippen LogP contribution < -0.4 is 10.5 Å². The predicted molar refractivity (Wildman–Crippen MR) is 92.4 cm³/mol. The molecule has 0 fully saturated rings. The van der Waals surface area contributed by atoms with Crippen molar-refractivity contribution in [2.45, 2.75) is 26.5 Å². The standard InChI is InChI=1S/C18H21N3O2/c1-12(2)23-17-8-7-13(11-14(17)19)18-20-15-5-3-4-6-16(15)21(18)9-10-22/h3-8,11-12,22H,9-10,19H2,1-2H3. The van der Waals surface area contributed by atoms with Gasteiger partial charge in [-0.1, -0.05) is 12.1 Å². The van der Waals surface area contributed by atoms with E-state index in [2.05, 4.69) is 4.98 Å². The molecule has 120 valence electrons. The third-order valence-corrected chi connectivity index (χ3v) is 3.61. The highest BCUT2D eigenvalue weighted by molar-refractivity contribution is 5.81. The van der Waals surface area contributed by atoms with Gasteiger partial charge < -0.3 is 20.1 Å². The number of hydrogen-bond donors (Lipinski definition) is 2. The number of benzene rings is 2. The van der Waals surface area contributed by atoms with Gasteiger partial charge in [0.2, 0.25) is 0 Å². The van der Waals surface area contributed by atoms with Crippen molar-refractivity contribution < 1.29 is 9.84 Å². The fraction of sp³-hybridized carbons (Fsp3) is 0.278. The Bertz CT molecular complexity index is 824. The lowest BCUT2D eigenvalue weighted by Crippen LogP contribution is -2.08. The van der Waals surface area contributed by atoms with Crippen LogP contribution in [-0.2, 0) is 6.54 Å². The van der Waals surface area contributed by atoms with Crippen LogP contribution in [0, 0.1) is 0 Å². The van der Waals surface area contributed by atoms with Crippen LogP contribution >= 0.6 is 0 Å². The molecule has 0 aliphatic heterocycles. The lowest BCUT2D eigenvalue weighted by Gasteiger charge is -2.13. The maximum Gasteiger partial charge on any atom is 0.142 e. The molecule has 0 saturated heterocycles. The Kier molecular flexibility index (Phi) is 4.21. The van der Waals surface area contributed by atoms with Crippen LogP contribution in [0.25, 0.3) is 22.4 Å². The summed E-state index contributed by atoms with van der Waals surface area (Å²) in [5.74, 6) is 1.47. The lowest BCUT2D eigenvalue weighted by atomic mass is 10.1. The van der Waals surface area contributed by atoms with Crippen molar-refractivity contribution in [3.8, 4) is 17.1 Å². The first-order valence-corrected chi connectivity index (χ1v) is 7.73. The summed E-state index contributed by atoms with van der Waals surface area (Å²) in [6.45, 7) is 4.47.